The summed E-state index contributed by atoms with van der Waals surface area (Å²) in [6.45, 7) is 4.57. The summed E-state index contributed by atoms with van der Waals surface area (Å²) in [5.41, 5.74) is 2.44. The molecule has 37 heavy (non-hydrogen) atoms. The van der Waals surface area contributed by atoms with E-state index >= 15 is 0 Å². The molecule has 0 unspecified atom stereocenters. The van der Waals surface area contributed by atoms with E-state index in [1.54, 1.807) is 49.4 Å². The molecule has 1 aliphatic heterocycles. The number of nitrogens with zero attached hydrogens (tertiary/aromatic N) is 1. The molecule has 2 N–H and O–H groups in total. The fourth-order valence-electron chi connectivity index (χ4n) is 4.25. The number of anilines is 2. The zero-order chi connectivity index (χ0) is 26.6. The van der Waals surface area contributed by atoms with Crippen LogP contribution in [-0.2, 0) is 20.0 Å². The van der Waals surface area contributed by atoms with Crippen molar-refractivity contribution in [3.63, 3.8) is 0 Å². The predicted octanol–water partition coefficient (Wildman–Crippen LogP) is 4.92. The summed E-state index contributed by atoms with van der Waals surface area (Å²) in [4.78, 5) is 13.3. The van der Waals surface area contributed by atoms with Gasteiger partial charge < -0.3 is 5.32 Å². The Labute approximate surface area is 218 Å². The highest BCUT2D eigenvalue weighted by atomic mass is 32.2. The molecule has 0 spiro atoms. The molecule has 10 heteroatoms. The monoisotopic (exact) mass is 541 g/mol. The van der Waals surface area contributed by atoms with E-state index in [-0.39, 0.29) is 9.79 Å². The summed E-state index contributed by atoms with van der Waals surface area (Å²) in [5, 5.41) is 2.77. The largest absolute Gasteiger partial charge is 0.322 e. The van der Waals surface area contributed by atoms with Crippen molar-refractivity contribution in [3.8, 4) is 0 Å². The lowest BCUT2D eigenvalue weighted by Crippen LogP contribution is -2.31. The number of aryl methyl sites for hydroxylation is 1. The normalized spacial score (nSPS) is 15.1. The van der Waals surface area contributed by atoms with Crippen molar-refractivity contribution >= 4 is 37.3 Å². The van der Waals surface area contributed by atoms with E-state index in [1.165, 1.54) is 28.6 Å². The second-order valence-electron chi connectivity index (χ2n) is 9.19. The Morgan fingerprint density at radius 1 is 0.757 bits per heavy atom. The summed E-state index contributed by atoms with van der Waals surface area (Å²) in [6.07, 6.45) is 3.77. The van der Waals surface area contributed by atoms with E-state index in [2.05, 4.69) is 10.0 Å². The van der Waals surface area contributed by atoms with Crippen molar-refractivity contribution in [2.75, 3.05) is 23.1 Å². The molecule has 3 aromatic carbocycles. The number of sulfonamides is 2. The van der Waals surface area contributed by atoms with Gasteiger partial charge in [-0.25, -0.2) is 16.8 Å². The van der Waals surface area contributed by atoms with E-state index in [9.17, 15) is 21.6 Å². The Morgan fingerprint density at radius 3 is 1.97 bits per heavy atom. The molecule has 3 aromatic rings. The van der Waals surface area contributed by atoms with Gasteiger partial charge in [-0.3, -0.25) is 9.52 Å². The van der Waals surface area contributed by atoms with Crippen LogP contribution in [0.3, 0.4) is 0 Å². The van der Waals surface area contributed by atoms with Crippen molar-refractivity contribution < 1.29 is 21.6 Å². The van der Waals surface area contributed by atoms with Crippen LogP contribution in [0.5, 0.6) is 0 Å². The summed E-state index contributed by atoms with van der Waals surface area (Å²) in [6, 6.07) is 17.4. The van der Waals surface area contributed by atoms with Gasteiger partial charge in [-0.1, -0.05) is 36.6 Å². The van der Waals surface area contributed by atoms with Crippen LogP contribution in [0.1, 0.15) is 47.2 Å². The maximum Gasteiger partial charge on any atom is 0.261 e. The first-order chi connectivity index (χ1) is 17.6. The zero-order valence-electron chi connectivity index (χ0n) is 20.9. The first-order valence-corrected chi connectivity index (χ1v) is 15.1. The highest BCUT2D eigenvalue weighted by Gasteiger charge is 2.25. The van der Waals surface area contributed by atoms with E-state index in [0.717, 1.165) is 31.2 Å². The minimum Gasteiger partial charge on any atom is -0.322 e. The third-order valence-electron chi connectivity index (χ3n) is 6.47. The Balaban J connectivity index is 1.49. The van der Waals surface area contributed by atoms with Crippen LogP contribution < -0.4 is 10.0 Å². The smallest absolute Gasteiger partial charge is 0.261 e. The number of benzene rings is 3. The van der Waals surface area contributed by atoms with Gasteiger partial charge in [0.05, 0.1) is 15.5 Å². The standard InChI is InChI=1S/C27H31N3O5S2/c1-20-10-14-23(15-11-20)36(32,33)29-26-9-7-8-25(21(26)2)27(31)28-22-12-16-24(17-13-22)37(34,35)30-18-5-3-4-6-19-30/h7-17,29H,3-6,18-19H2,1-2H3,(H,28,31). The highest BCUT2D eigenvalue weighted by molar-refractivity contribution is 7.92. The van der Waals surface area contributed by atoms with Gasteiger partial charge >= 0.3 is 0 Å². The van der Waals surface area contributed by atoms with Crippen LogP contribution in [0, 0.1) is 13.8 Å². The fourth-order valence-corrected chi connectivity index (χ4v) is 6.89. The molecular formula is C27H31N3O5S2. The van der Waals surface area contributed by atoms with E-state index < -0.39 is 26.0 Å². The molecule has 4 rings (SSSR count). The molecule has 1 fully saturated rings. The van der Waals surface area contributed by atoms with Crippen molar-refractivity contribution in [2.24, 2.45) is 0 Å². The summed E-state index contributed by atoms with van der Waals surface area (Å²) in [5.74, 6) is -0.433. The Morgan fingerprint density at radius 2 is 1.35 bits per heavy atom. The van der Waals surface area contributed by atoms with Crippen LogP contribution in [0.4, 0.5) is 11.4 Å². The first kappa shape index (κ1) is 26.8. The molecule has 1 heterocycles. The molecule has 0 aliphatic carbocycles. The molecule has 1 saturated heterocycles. The van der Waals surface area contributed by atoms with E-state index in [4.69, 9.17) is 0 Å². The van der Waals surface area contributed by atoms with Crippen molar-refractivity contribution in [3.05, 3.63) is 83.4 Å². The fraction of sp³-hybridized carbons (Fsp3) is 0.296. The van der Waals surface area contributed by atoms with E-state index in [1.807, 2.05) is 6.92 Å². The van der Waals surface area contributed by atoms with Crippen molar-refractivity contribution in [1.82, 2.24) is 4.31 Å². The number of rotatable bonds is 7. The second kappa shape index (κ2) is 11.0. The van der Waals surface area contributed by atoms with Gasteiger partial charge in [-0.15, -0.1) is 0 Å². The summed E-state index contributed by atoms with van der Waals surface area (Å²) < 4.78 is 55.7. The van der Waals surface area contributed by atoms with Gasteiger partial charge in [0.15, 0.2) is 0 Å². The molecule has 0 atom stereocenters. The number of hydrogen-bond acceptors (Lipinski definition) is 5. The number of carbonyl (C=O) groups is 1. The number of nitrogens with one attached hydrogen (secondary N) is 2. The molecule has 0 bridgehead atoms. The van der Waals surface area contributed by atoms with Crippen LogP contribution in [0.2, 0.25) is 0 Å². The molecule has 1 amide bonds. The Kier molecular flexibility index (Phi) is 8.01. The van der Waals surface area contributed by atoms with Gasteiger partial charge in [0.1, 0.15) is 0 Å². The lowest BCUT2D eigenvalue weighted by Gasteiger charge is -2.20. The zero-order valence-corrected chi connectivity index (χ0v) is 22.5. The van der Waals surface area contributed by atoms with Gasteiger partial charge in [0.2, 0.25) is 10.0 Å². The molecule has 196 valence electrons. The molecule has 0 aromatic heterocycles. The quantitative estimate of drug-likeness (QED) is 0.441. The van der Waals surface area contributed by atoms with Crippen LogP contribution in [-0.4, -0.2) is 40.1 Å². The maximum atomic E-state index is 13.0. The average molecular weight is 542 g/mol. The third kappa shape index (κ3) is 6.20. The predicted molar refractivity (Wildman–Crippen MR) is 145 cm³/mol. The summed E-state index contributed by atoms with van der Waals surface area (Å²) >= 11 is 0. The SMILES string of the molecule is Cc1ccc(S(=O)(=O)Nc2cccc(C(=O)Nc3ccc(S(=O)(=O)N4CCCCCC4)cc3)c2C)cc1. The number of hydrogen-bond donors (Lipinski definition) is 2. The molecule has 0 saturated carbocycles. The summed E-state index contributed by atoms with van der Waals surface area (Å²) in [7, 11) is -7.41. The highest BCUT2D eigenvalue weighted by Crippen LogP contribution is 2.25. The van der Waals surface area contributed by atoms with Crippen LogP contribution >= 0.6 is 0 Å². The van der Waals surface area contributed by atoms with Gasteiger partial charge in [0, 0.05) is 24.3 Å². The average Bonchev–Trinajstić information content (AvgIpc) is 3.16. The number of amides is 1. The van der Waals surface area contributed by atoms with Crippen LogP contribution in [0.15, 0.2) is 76.5 Å². The third-order valence-corrected chi connectivity index (χ3v) is 9.76. The Hall–Kier alpha value is -3.21. The van der Waals surface area contributed by atoms with Gasteiger partial charge in [-0.05, 0) is 80.8 Å². The molecule has 8 nitrogen and oxygen atoms in total. The Bertz CT molecular complexity index is 1480. The molecular weight excluding hydrogens is 510 g/mol. The topological polar surface area (TPSA) is 113 Å². The van der Waals surface area contributed by atoms with E-state index in [0.29, 0.717) is 35.6 Å². The second-order valence-corrected chi connectivity index (χ2v) is 12.8. The first-order valence-electron chi connectivity index (χ1n) is 12.2. The van der Waals surface area contributed by atoms with Crippen molar-refractivity contribution in [1.29, 1.82) is 0 Å². The van der Waals surface area contributed by atoms with Crippen molar-refractivity contribution in [2.45, 2.75) is 49.3 Å². The lowest BCUT2D eigenvalue weighted by molar-refractivity contribution is 0.102. The maximum absolute atomic E-state index is 13.0. The molecule has 1 aliphatic rings. The van der Waals surface area contributed by atoms with Crippen LogP contribution in [0.25, 0.3) is 0 Å². The number of carbonyl (C=O) groups excluding carboxylic acids is 1. The minimum atomic E-state index is -3.83. The minimum absolute atomic E-state index is 0.127. The molecule has 0 radical (unpaired) electrons. The van der Waals surface area contributed by atoms with Gasteiger partial charge in [0.25, 0.3) is 15.9 Å². The van der Waals surface area contributed by atoms with Gasteiger partial charge in [-0.2, -0.15) is 4.31 Å². The lowest BCUT2D eigenvalue weighted by atomic mass is 10.1.